The summed E-state index contributed by atoms with van der Waals surface area (Å²) < 4.78 is 0. The van der Waals surface area contributed by atoms with Gasteiger partial charge >= 0.3 is 0 Å². The molecule has 0 bridgehead atoms. The minimum absolute atomic E-state index is 0.274. The first kappa shape index (κ1) is 10.6. The number of ketones is 1. The summed E-state index contributed by atoms with van der Waals surface area (Å²) in [6, 6.07) is 0. The van der Waals surface area contributed by atoms with Gasteiger partial charge in [-0.15, -0.1) is 0 Å². The van der Waals surface area contributed by atoms with Gasteiger partial charge in [-0.3, -0.25) is 9.69 Å². The van der Waals surface area contributed by atoms with E-state index in [0.29, 0.717) is 24.3 Å². The number of Topliss-reactive ketones (excluding diaryl/α,β-unsaturated/α-hetero) is 1. The number of allylic oxidation sites excluding steroid dienone is 3. The Labute approximate surface area is 91.6 Å². The molecule has 1 heterocycles. The fraction of sp³-hybridized carbons (Fsp3) is 0.615. The third kappa shape index (κ3) is 2.37. The van der Waals surface area contributed by atoms with Crippen LogP contribution in [0.2, 0.25) is 0 Å². The number of hydrogen-bond acceptors (Lipinski definition) is 2. The van der Waals surface area contributed by atoms with Crippen LogP contribution in [0, 0.1) is 17.8 Å². The van der Waals surface area contributed by atoms with Crippen molar-refractivity contribution < 1.29 is 4.79 Å². The van der Waals surface area contributed by atoms with E-state index in [0.717, 1.165) is 13.1 Å². The van der Waals surface area contributed by atoms with Crippen molar-refractivity contribution in [2.24, 2.45) is 17.8 Å². The number of hydrogen-bond donors (Lipinski definition) is 0. The van der Waals surface area contributed by atoms with Crippen LogP contribution < -0.4 is 0 Å². The zero-order valence-electron chi connectivity index (χ0n) is 9.52. The molecule has 2 rings (SSSR count). The lowest BCUT2D eigenvalue weighted by atomic mass is 9.76. The monoisotopic (exact) mass is 205 g/mol. The molecular formula is C13H19NO. The van der Waals surface area contributed by atoms with E-state index in [4.69, 9.17) is 0 Å². The standard InChI is InChI=1S/C13H19NO/c1-10-7-14(8-11(2)15)9-12-5-3-4-6-13(10)12/h3-6,10,12-13H,7-9H2,1-2H3/t10-,12+,13+/m0/s1. The summed E-state index contributed by atoms with van der Waals surface area (Å²) in [5.74, 6) is 2.22. The van der Waals surface area contributed by atoms with Crippen molar-refractivity contribution in [2.45, 2.75) is 13.8 Å². The number of nitrogens with zero attached hydrogens (tertiary/aromatic N) is 1. The van der Waals surface area contributed by atoms with Crippen LogP contribution in [0.5, 0.6) is 0 Å². The van der Waals surface area contributed by atoms with Gasteiger partial charge in [-0.2, -0.15) is 0 Å². The first-order valence-electron chi connectivity index (χ1n) is 5.73. The quantitative estimate of drug-likeness (QED) is 0.686. The van der Waals surface area contributed by atoms with Gasteiger partial charge in [0.15, 0.2) is 0 Å². The summed E-state index contributed by atoms with van der Waals surface area (Å²) in [5, 5.41) is 0. The van der Waals surface area contributed by atoms with Gasteiger partial charge in [-0.05, 0) is 24.7 Å². The number of rotatable bonds is 2. The normalized spacial score (nSPS) is 35.2. The molecule has 0 saturated carbocycles. The maximum absolute atomic E-state index is 11.1. The minimum Gasteiger partial charge on any atom is -0.299 e. The highest BCUT2D eigenvalue weighted by atomic mass is 16.1. The highest BCUT2D eigenvalue weighted by molar-refractivity contribution is 5.77. The van der Waals surface area contributed by atoms with Crippen LogP contribution in [0.25, 0.3) is 0 Å². The van der Waals surface area contributed by atoms with Crippen molar-refractivity contribution in [1.82, 2.24) is 4.90 Å². The molecule has 0 aromatic carbocycles. The van der Waals surface area contributed by atoms with Crippen molar-refractivity contribution in [2.75, 3.05) is 19.6 Å². The van der Waals surface area contributed by atoms with Gasteiger partial charge in [-0.25, -0.2) is 0 Å². The predicted octanol–water partition coefficient (Wildman–Crippen LogP) is 1.89. The fourth-order valence-corrected chi connectivity index (χ4v) is 2.81. The van der Waals surface area contributed by atoms with Gasteiger partial charge in [0, 0.05) is 13.1 Å². The van der Waals surface area contributed by atoms with Crippen molar-refractivity contribution >= 4 is 5.78 Å². The lowest BCUT2D eigenvalue weighted by Gasteiger charge is -2.41. The molecule has 0 aromatic rings. The van der Waals surface area contributed by atoms with Crippen LogP contribution in [0.4, 0.5) is 0 Å². The summed E-state index contributed by atoms with van der Waals surface area (Å²) in [4.78, 5) is 13.4. The molecule has 0 amide bonds. The zero-order valence-corrected chi connectivity index (χ0v) is 9.52. The summed E-state index contributed by atoms with van der Waals surface area (Å²) in [6.07, 6.45) is 8.89. The molecule has 1 aliphatic carbocycles. The summed E-state index contributed by atoms with van der Waals surface area (Å²) in [7, 11) is 0. The molecule has 0 aromatic heterocycles. The first-order valence-corrected chi connectivity index (χ1v) is 5.73. The molecule has 1 aliphatic heterocycles. The zero-order chi connectivity index (χ0) is 10.8. The van der Waals surface area contributed by atoms with Gasteiger partial charge < -0.3 is 0 Å². The van der Waals surface area contributed by atoms with Gasteiger partial charge in [0.05, 0.1) is 6.54 Å². The van der Waals surface area contributed by atoms with Gasteiger partial charge in [0.2, 0.25) is 0 Å². The second kappa shape index (κ2) is 4.31. The molecule has 0 N–H and O–H groups in total. The molecule has 2 aliphatic rings. The average Bonchev–Trinajstić information content (AvgIpc) is 2.16. The van der Waals surface area contributed by atoms with Crippen LogP contribution in [0.3, 0.4) is 0 Å². The Morgan fingerprint density at radius 1 is 1.33 bits per heavy atom. The third-order valence-electron chi connectivity index (χ3n) is 3.42. The Morgan fingerprint density at radius 3 is 2.80 bits per heavy atom. The molecule has 0 spiro atoms. The predicted molar refractivity (Wildman–Crippen MR) is 61.5 cm³/mol. The van der Waals surface area contributed by atoms with E-state index in [1.165, 1.54) is 0 Å². The Balaban J connectivity index is 2.03. The second-order valence-electron chi connectivity index (χ2n) is 4.88. The Bertz CT molecular complexity index is 306. The van der Waals surface area contributed by atoms with Crippen LogP contribution in [-0.2, 0) is 4.79 Å². The smallest absolute Gasteiger partial charge is 0.143 e. The summed E-state index contributed by atoms with van der Waals surface area (Å²) in [5.41, 5.74) is 0. The maximum Gasteiger partial charge on any atom is 0.143 e. The molecule has 2 heteroatoms. The van der Waals surface area contributed by atoms with E-state index in [1.54, 1.807) is 6.92 Å². The van der Waals surface area contributed by atoms with Crippen LogP contribution in [0.15, 0.2) is 24.3 Å². The van der Waals surface area contributed by atoms with E-state index in [1.807, 2.05) is 0 Å². The molecule has 82 valence electrons. The number of carbonyl (C=O) groups is 1. The topological polar surface area (TPSA) is 20.3 Å². The Morgan fingerprint density at radius 2 is 2.07 bits per heavy atom. The Hall–Kier alpha value is -0.890. The number of likely N-dealkylation sites (tertiary alicyclic amines) is 1. The van der Waals surface area contributed by atoms with Crippen molar-refractivity contribution in [3.8, 4) is 0 Å². The minimum atomic E-state index is 0.274. The van der Waals surface area contributed by atoms with E-state index >= 15 is 0 Å². The van der Waals surface area contributed by atoms with E-state index in [2.05, 4.69) is 36.1 Å². The summed E-state index contributed by atoms with van der Waals surface area (Å²) in [6.45, 7) is 6.67. The van der Waals surface area contributed by atoms with Gasteiger partial charge in [-0.1, -0.05) is 31.2 Å². The summed E-state index contributed by atoms with van der Waals surface area (Å²) >= 11 is 0. The lowest BCUT2D eigenvalue weighted by Crippen LogP contribution is -2.46. The van der Waals surface area contributed by atoms with Crippen LogP contribution in [0.1, 0.15) is 13.8 Å². The molecular weight excluding hydrogens is 186 g/mol. The van der Waals surface area contributed by atoms with Gasteiger partial charge in [0.25, 0.3) is 0 Å². The van der Waals surface area contributed by atoms with E-state index in [9.17, 15) is 4.79 Å². The molecule has 0 unspecified atom stereocenters. The fourth-order valence-electron chi connectivity index (χ4n) is 2.81. The lowest BCUT2D eigenvalue weighted by molar-refractivity contribution is -0.118. The number of piperidine rings is 1. The SMILES string of the molecule is CC(=O)CN1C[C@H]2C=CC=C[C@@H]2[C@@H](C)C1. The number of fused-ring (bicyclic) bond motifs is 1. The number of carbonyl (C=O) groups excluding carboxylic acids is 1. The largest absolute Gasteiger partial charge is 0.299 e. The third-order valence-corrected chi connectivity index (χ3v) is 3.42. The highest BCUT2D eigenvalue weighted by Crippen LogP contribution is 2.32. The highest BCUT2D eigenvalue weighted by Gasteiger charge is 2.32. The van der Waals surface area contributed by atoms with Crippen molar-refractivity contribution in [3.05, 3.63) is 24.3 Å². The average molecular weight is 205 g/mol. The molecule has 2 nitrogen and oxygen atoms in total. The van der Waals surface area contributed by atoms with Crippen LogP contribution >= 0.6 is 0 Å². The van der Waals surface area contributed by atoms with Crippen molar-refractivity contribution in [3.63, 3.8) is 0 Å². The molecule has 1 saturated heterocycles. The van der Waals surface area contributed by atoms with Gasteiger partial charge in [0.1, 0.15) is 5.78 Å². The first-order chi connectivity index (χ1) is 7.16. The molecule has 15 heavy (non-hydrogen) atoms. The van der Waals surface area contributed by atoms with E-state index < -0.39 is 0 Å². The second-order valence-corrected chi connectivity index (χ2v) is 4.88. The molecule has 0 radical (unpaired) electrons. The van der Waals surface area contributed by atoms with Crippen LogP contribution in [-0.4, -0.2) is 30.3 Å². The maximum atomic E-state index is 11.1. The van der Waals surface area contributed by atoms with E-state index in [-0.39, 0.29) is 5.78 Å². The Kier molecular flexibility index (Phi) is 3.06. The van der Waals surface area contributed by atoms with Crippen molar-refractivity contribution in [1.29, 1.82) is 0 Å². The molecule has 1 fully saturated rings. The molecule has 3 atom stereocenters.